The zero-order chi connectivity index (χ0) is 31.7. The van der Waals surface area contributed by atoms with Gasteiger partial charge < -0.3 is 19.5 Å². The van der Waals surface area contributed by atoms with Crippen molar-refractivity contribution in [2.45, 2.75) is 108 Å². The lowest BCUT2D eigenvalue weighted by molar-refractivity contribution is -0.160. The van der Waals surface area contributed by atoms with Gasteiger partial charge in [0.1, 0.15) is 5.60 Å². The largest absolute Gasteiger partial charge is 0.460 e. The van der Waals surface area contributed by atoms with Gasteiger partial charge in [-0.15, -0.1) is 0 Å². The van der Waals surface area contributed by atoms with Crippen LogP contribution < -0.4 is 4.72 Å². The van der Waals surface area contributed by atoms with Crippen LogP contribution in [0.4, 0.5) is 0 Å². The molecule has 11 nitrogen and oxygen atoms in total. The van der Waals surface area contributed by atoms with E-state index >= 15 is 0 Å². The normalized spacial score (nSPS) is 34.8. The molecule has 4 rings (SSSR count). The number of ether oxygens (including phenoxy) is 2. The molecule has 0 aromatic rings. The number of amides is 2. The number of allylic oxidation sites excluding steroid dienone is 2. The zero-order valence-corrected chi connectivity index (χ0v) is 26.9. The van der Waals surface area contributed by atoms with Gasteiger partial charge in [-0.05, 0) is 77.0 Å². The molecular formula is C31H48N2O9S. The van der Waals surface area contributed by atoms with Gasteiger partial charge in [0, 0.05) is 33.1 Å². The quantitative estimate of drug-likeness (QED) is 0.321. The minimum absolute atomic E-state index is 0.00760. The Hall–Kier alpha value is -2.31. The third-order valence-corrected chi connectivity index (χ3v) is 11.0. The second-order valence-corrected chi connectivity index (χ2v) is 16.1. The lowest BCUT2D eigenvalue weighted by Crippen LogP contribution is -2.48. The van der Waals surface area contributed by atoms with Crippen LogP contribution in [0.15, 0.2) is 12.2 Å². The number of aliphatic hydroxyl groups is 1. The van der Waals surface area contributed by atoms with E-state index in [0.29, 0.717) is 32.1 Å². The molecule has 0 spiro atoms. The van der Waals surface area contributed by atoms with Gasteiger partial charge in [0.05, 0.1) is 35.1 Å². The molecule has 12 heteroatoms. The first-order chi connectivity index (χ1) is 20.1. The molecule has 7 atom stereocenters. The molecule has 2 amide bonds. The average molecular weight is 625 g/mol. The van der Waals surface area contributed by atoms with Crippen molar-refractivity contribution in [1.82, 2.24) is 9.62 Å². The van der Waals surface area contributed by atoms with Crippen molar-refractivity contribution in [2.24, 2.45) is 29.1 Å². The predicted molar refractivity (Wildman–Crippen MR) is 158 cm³/mol. The molecule has 242 valence electrons. The highest BCUT2D eigenvalue weighted by Crippen LogP contribution is 2.57. The molecule has 2 aliphatic carbocycles. The van der Waals surface area contributed by atoms with E-state index in [1.54, 1.807) is 27.9 Å². The smallest absolute Gasteiger partial charge is 0.307 e. The maximum Gasteiger partial charge on any atom is 0.307 e. The van der Waals surface area contributed by atoms with E-state index in [1.807, 2.05) is 12.2 Å². The number of rotatable bonds is 7. The molecule has 2 saturated carbocycles. The first-order valence-corrected chi connectivity index (χ1v) is 17.1. The SMILES string of the molecule is COC[C@@H]1CC(C)CC/C=C\[C@@H]2C[C@@]2(C(=O)NS(=O)(=O)C2CC2)CC(=O)[C@@H]2C[C@@H](O)CN2C(=O)[C@H]1CC(=O)OC(C)(C)C. The summed E-state index contributed by atoms with van der Waals surface area (Å²) in [5, 5.41) is 10.0. The van der Waals surface area contributed by atoms with Crippen molar-refractivity contribution >= 4 is 33.6 Å². The number of ketones is 1. The fourth-order valence-electron chi connectivity index (χ4n) is 6.68. The number of esters is 1. The van der Waals surface area contributed by atoms with Crippen LogP contribution in [-0.2, 0) is 38.7 Å². The second-order valence-electron chi connectivity index (χ2n) is 14.1. The van der Waals surface area contributed by atoms with Crippen molar-refractivity contribution in [3.63, 3.8) is 0 Å². The van der Waals surface area contributed by atoms with Crippen LogP contribution >= 0.6 is 0 Å². The molecule has 0 bridgehead atoms. The number of fused-ring (bicyclic) bond motifs is 2. The van der Waals surface area contributed by atoms with Gasteiger partial charge in [-0.2, -0.15) is 0 Å². The van der Waals surface area contributed by atoms with Crippen LogP contribution in [-0.4, -0.2) is 85.2 Å². The van der Waals surface area contributed by atoms with E-state index in [1.165, 1.54) is 4.90 Å². The molecular weight excluding hydrogens is 576 g/mol. The Balaban J connectivity index is 1.66. The summed E-state index contributed by atoms with van der Waals surface area (Å²) in [7, 11) is -2.27. The molecule has 0 radical (unpaired) electrons. The number of carbonyl (C=O) groups is 4. The Bertz CT molecular complexity index is 1220. The van der Waals surface area contributed by atoms with Crippen molar-refractivity contribution in [2.75, 3.05) is 20.3 Å². The standard InChI is InChI=1S/C31H48N2O9S/c1-19-8-6-7-9-21-15-31(21,29(38)32-43(39,40)23-10-11-23)16-26(35)25-13-22(34)17-33(25)28(37)24(20(12-19)18-41-5)14-27(36)42-30(2,3)4/h7,9,19-25,34H,6,8,10-18H2,1-5H3,(H,32,38)/b9-7-/t19?,20-,21+,22+,24-,25-,31+/m0/s1. The molecule has 43 heavy (non-hydrogen) atoms. The van der Waals surface area contributed by atoms with Crippen molar-refractivity contribution < 1.29 is 42.2 Å². The Kier molecular flexibility index (Phi) is 10.1. The molecule has 1 saturated heterocycles. The summed E-state index contributed by atoms with van der Waals surface area (Å²) in [5.74, 6) is -3.35. The summed E-state index contributed by atoms with van der Waals surface area (Å²) in [6.07, 6.45) is 5.93. The summed E-state index contributed by atoms with van der Waals surface area (Å²) in [5.41, 5.74) is -1.97. The van der Waals surface area contributed by atoms with E-state index in [-0.39, 0.29) is 50.2 Å². The van der Waals surface area contributed by atoms with Crippen molar-refractivity contribution in [3.8, 4) is 0 Å². The molecule has 2 heterocycles. The Morgan fingerprint density at radius 1 is 1.16 bits per heavy atom. The molecule has 3 fully saturated rings. The van der Waals surface area contributed by atoms with Gasteiger partial charge in [-0.3, -0.25) is 23.9 Å². The number of Topliss-reactive ketones (excluding diaryl/α,β-unsaturated/α-hetero) is 1. The molecule has 2 N–H and O–H groups in total. The van der Waals surface area contributed by atoms with Crippen LogP contribution in [0.25, 0.3) is 0 Å². The van der Waals surface area contributed by atoms with Crippen LogP contribution in [0, 0.1) is 29.1 Å². The van der Waals surface area contributed by atoms with Crippen LogP contribution in [0.2, 0.25) is 0 Å². The highest BCUT2D eigenvalue weighted by Gasteiger charge is 2.61. The Morgan fingerprint density at radius 3 is 2.49 bits per heavy atom. The van der Waals surface area contributed by atoms with Crippen LogP contribution in [0.5, 0.6) is 0 Å². The van der Waals surface area contributed by atoms with Crippen molar-refractivity contribution in [3.05, 3.63) is 12.2 Å². The minimum atomic E-state index is -3.81. The highest BCUT2D eigenvalue weighted by atomic mass is 32.2. The number of nitrogens with zero attached hydrogens (tertiary/aromatic N) is 1. The van der Waals surface area contributed by atoms with Gasteiger partial charge in [0.25, 0.3) is 0 Å². The summed E-state index contributed by atoms with van der Waals surface area (Å²) in [4.78, 5) is 56.0. The Morgan fingerprint density at radius 2 is 1.86 bits per heavy atom. The van der Waals surface area contributed by atoms with E-state index in [2.05, 4.69) is 11.6 Å². The summed E-state index contributed by atoms with van der Waals surface area (Å²) in [6.45, 7) is 7.49. The van der Waals surface area contributed by atoms with Gasteiger partial charge in [0.2, 0.25) is 21.8 Å². The third-order valence-electron chi connectivity index (χ3n) is 9.18. The van der Waals surface area contributed by atoms with E-state index in [0.717, 1.165) is 6.42 Å². The number of sulfonamides is 1. The zero-order valence-electron chi connectivity index (χ0n) is 26.0. The topological polar surface area (TPSA) is 156 Å². The second kappa shape index (κ2) is 13.0. The highest BCUT2D eigenvalue weighted by molar-refractivity contribution is 7.90. The maximum atomic E-state index is 14.3. The lowest BCUT2D eigenvalue weighted by Gasteiger charge is -2.33. The van der Waals surface area contributed by atoms with Crippen LogP contribution in [0.3, 0.4) is 0 Å². The van der Waals surface area contributed by atoms with E-state index < -0.39 is 67.9 Å². The number of carbonyl (C=O) groups excluding carboxylic acids is 4. The molecule has 4 aliphatic rings. The number of methoxy groups -OCH3 is 1. The summed E-state index contributed by atoms with van der Waals surface area (Å²) < 4.78 is 38.6. The van der Waals surface area contributed by atoms with Crippen LogP contribution in [0.1, 0.15) is 85.5 Å². The summed E-state index contributed by atoms with van der Waals surface area (Å²) in [6, 6.07) is -0.996. The van der Waals surface area contributed by atoms with Crippen molar-refractivity contribution in [1.29, 1.82) is 0 Å². The predicted octanol–water partition coefficient (Wildman–Crippen LogP) is 2.51. The summed E-state index contributed by atoms with van der Waals surface area (Å²) >= 11 is 0. The Labute approximate surface area is 255 Å². The molecule has 0 aromatic carbocycles. The molecule has 2 aliphatic heterocycles. The van der Waals surface area contributed by atoms with Gasteiger partial charge in [0.15, 0.2) is 5.78 Å². The molecule has 1 unspecified atom stereocenters. The fraction of sp³-hybridized carbons (Fsp3) is 0.806. The minimum Gasteiger partial charge on any atom is -0.460 e. The van der Waals surface area contributed by atoms with Gasteiger partial charge in [-0.25, -0.2) is 8.42 Å². The van der Waals surface area contributed by atoms with Gasteiger partial charge in [-0.1, -0.05) is 19.1 Å². The first-order valence-electron chi connectivity index (χ1n) is 15.5. The average Bonchev–Trinajstić information content (AvgIpc) is 3.81. The van der Waals surface area contributed by atoms with E-state index in [9.17, 15) is 32.7 Å². The van der Waals surface area contributed by atoms with Gasteiger partial charge >= 0.3 is 5.97 Å². The number of hydrogen-bond acceptors (Lipinski definition) is 9. The monoisotopic (exact) mass is 624 g/mol. The number of hydrogen-bond donors (Lipinski definition) is 2. The first kappa shape index (κ1) is 33.6. The third kappa shape index (κ3) is 8.25. The number of nitrogens with one attached hydrogen (secondary N) is 1. The lowest BCUT2D eigenvalue weighted by atomic mass is 9.81. The maximum absolute atomic E-state index is 14.3. The number of aliphatic hydroxyl groups excluding tert-OH is 1. The molecule has 0 aromatic heterocycles. The van der Waals surface area contributed by atoms with E-state index in [4.69, 9.17) is 9.47 Å². The fourth-order valence-corrected chi connectivity index (χ4v) is 8.07.